The summed E-state index contributed by atoms with van der Waals surface area (Å²) in [6, 6.07) is 5.43. The highest BCUT2D eigenvalue weighted by Gasteiger charge is 2.23. The quantitative estimate of drug-likeness (QED) is 0.757. The van der Waals surface area contributed by atoms with Gasteiger partial charge in [0, 0.05) is 42.4 Å². The topological polar surface area (TPSA) is 67.2 Å². The van der Waals surface area contributed by atoms with Crippen LogP contribution in [0.25, 0.3) is 10.9 Å². The zero-order chi connectivity index (χ0) is 17.3. The van der Waals surface area contributed by atoms with Crippen LogP contribution in [0, 0.1) is 11.6 Å². The van der Waals surface area contributed by atoms with Gasteiger partial charge in [0.05, 0.1) is 18.3 Å². The highest BCUT2D eigenvalue weighted by molar-refractivity contribution is 6.01. The van der Waals surface area contributed by atoms with Gasteiger partial charge in [-0.05, 0) is 12.1 Å². The van der Waals surface area contributed by atoms with Gasteiger partial charge in [-0.25, -0.2) is 13.8 Å². The Bertz CT molecular complexity index is 922. The Morgan fingerprint density at radius 3 is 2.83 bits per heavy atom. The molecule has 0 spiro atoms. The van der Waals surface area contributed by atoms with Crippen LogP contribution in [0.2, 0.25) is 0 Å². The number of pyridine rings is 1. The van der Waals surface area contributed by atoms with Gasteiger partial charge < -0.3 is 15.0 Å². The molecule has 3 heterocycles. The zero-order valence-electron chi connectivity index (χ0n) is 12.9. The Labute approximate surface area is 136 Å². The van der Waals surface area contributed by atoms with Crippen LogP contribution in [-0.2, 0) is 13.1 Å². The van der Waals surface area contributed by atoms with E-state index >= 15 is 0 Å². The van der Waals surface area contributed by atoms with Crippen molar-refractivity contribution in [3.63, 3.8) is 0 Å². The molecular weight excluding hydrogens is 316 g/mol. The van der Waals surface area contributed by atoms with Crippen LogP contribution in [0.1, 0.15) is 21.6 Å². The van der Waals surface area contributed by atoms with E-state index in [4.69, 9.17) is 5.11 Å². The lowest BCUT2D eigenvalue weighted by atomic mass is 10.1. The van der Waals surface area contributed by atoms with Crippen molar-refractivity contribution in [2.24, 2.45) is 0 Å². The largest absolute Gasteiger partial charge is 0.400 e. The lowest BCUT2D eigenvalue weighted by Crippen LogP contribution is -2.13. The number of fused-ring (bicyclic) bond motifs is 3. The van der Waals surface area contributed by atoms with Gasteiger partial charge in [0.1, 0.15) is 17.3 Å². The lowest BCUT2D eigenvalue weighted by Gasteiger charge is -2.07. The highest BCUT2D eigenvalue weighted by Crippen LogP contribution is 2.26. The van der Waals surface area contributed by atoms with Gasteiger partial charge >= 0.3 is 0 Å². The number of benzene rings is 1. The summed E-state index contributed by atoms with van der Waals surface area (Å²) in [4.78, 5) is 15.8. The molecule has 0 bridgehead atoms. The Hall–Kier alpha value is -2.80. The number of aliphatic hydroxyl groups excluding tert-OH is 1. The first-order valence-corrected chi connectivity index (χ1v) is 7.27. The molecule has 3 aromatic rings. The Morgan fingerprint density at radius 1 is 1.29 bits per heavy atom. The molecule has 0 atom stereocenters. The molecule has 2 aromatic heterocycles. The molecule has 1 aromatic carbocycles. The minimum Gasteiger partial charge on any atom is -0.400 e. The lowest BCUT2D eigenvalue weighted by molar-refractivity contribution is 0.0961. The molecule has 2 N–H and O–H groups in total. The van der Waals surface area contributed by atoms with E-state index in [9.17, 15) is 13.6 Å². The van der Waals surface area contributed by atoms with Crippen LogP contribution in [0.3, 0.4) is 0 Å². The molecule has 0 unspecified atom stereocenters. The number of nitrogens with one attached hydrogen (secondary N) is 1. The average molecular weight is 331 g/mol. The van der Waals surface area contributed by atoms with E-state index in [0.717, 1.165) is 29.6 Å². The summed E-state index contributed by atoms with van der Waals surface area (Å²) in [5, 5.41) is 10.7. The van der Waals surface area contributed by atoms with Crippen LogP contribution in [0.15, 0.2) is 36.7 Å². The Morgan fingerprint density at radius 2 is 2.08 bits per heavy atom. The number of nitrogens with zero attached hydrogens (tertiary/aromatic N) is 2. The van der Waals surface area contributed by atoms with E-state index in [1.807, 2.05) is 16.8 Å². The molecule has 124 valence electrons. The molecule has 1 aliphatic rings. The number of hydrogen-bond acceptors (Lipinski definition) is 3. The highest BCUT2D eigenvalue weighted by atomic mass is 19.1. The number of hydrogen-bond donors (Lipinski definition) is 2. The molecule has 0 aliphatic carbocycles. The molecule has 0 saturated carbocycles. The van der Waals surface area contributed by atoms with Gasteiger partial charge in [-0.2, -0.15) is 0 Å². The summed E-state index contributed by atoms with van der Waals surface area (Å²) in [5.74, 6) is -1.34. The number of aliphatic hydroxyl groups is 1. The van der Waals surface area contributed by atoms with Crippen LogP contribution >= 0.6 is 0 Å². The van der Waals surface area contributed by atoms with E-state index in [0.29, 0.717) is 17.8 Å². The van der Waals surface area contributed by atoms with Crippen molar-refractivity contribution in [3.8, 4) is 0 Å². The van der Waals surface area contributed by atoms with E-state index in [1.54, 1.807) is 6.20 Å². The van der Waals surface area contributed by atoms with Crippen molar-refractivity contribution < 1.29 is 18.7 Å². The molecular formula is C17H15F2N3O2. The summed E-state index contributed by atoms with van der Waals surface area (Å²) >= 11 is 0. The van der Waals surface area contributed by atoms with E-state index in [1.165, 1.54) is 12.1 Å². The van der Waals surface area contributed by atoms with Gasteiger partial charge in [0.2, 0.25) is 0 Å². The first kappa shape index (κ1) is 16.1. The molecule has 5 nitrogen and oxygen atoms in total. The molecule has 0 radical (unpaired) electrons. The second-order valence-electron chi connectivity index (χ2n) is 5.25. The first-order chi connectivity index (χ1) is 11.6. The minimum atomic E-state index is -0.595. The zero-order valence-corrected chi connectivity index (χ0v) is 12.9. The number of halogens is 2. The average Bonchev–Trinajstić information content (AvgIpc) is 3.16. The molecule has 7 heteroatoms. The van der Waals surface area contributed by atoms with Crippen molar-refractivity contribution in [3.05, 3.63) is 65.1 Å². The maximum absolute atomic E-state index is 13.8. The maximum Gasteiger partial charge on any atom is 0.270 e. The van der Waals surface area contributed by atoms with Crippen LogP contribution in [0.5, 0.6) is 0 Å². The molecule has 0 saturated heterocycles. The second kappa shape index (κ2) is 6.37. The standard InChI is InChI=1S/C16H11F2N3O.CH4O/c17-10-2-1-9(13(18)5-10)8-21-4-3-11-12-6-20-16(22)15(12)19-7-14(11)21;1-2/h1-5,7H,6,8H2,(H,20,22);2H,1H3. The van der Waals surface area contributed by atoms with Crippen LogP contribution in [0.4, 0.5) is 8.78 Å². The van der Waals surface area contributed by atoms with Gasteiger partial charge in [0.15, 0.2) is 0 Å². The predicted molar refractivity (Wildman–Crippen MR) is 84.5 cm³/mol. The summed E-state index contributed by atoms with van der Waals surface area (Å²) in [6.45, 7) is 0.727. The van der Waals surface area contributed by atoms with Gasteiger partial charge in [-0.15, -0.1) is 0 Å². The third-order valence-electron chi connectivity index (χ3n) is 3.93. The number of carbonyl (C=O) groups excluding carboxylic acids is 1. The normalized spacial score (nSPS) is 12.6. The van der Waals surface area contributed by atoms with Crippen molar-refractivity contribution in [2.45, 2.75) is 13.1 Å². The number of aromatic nitrogens is 2. The fraction of sp³-hybridized carbons (Fsp3) is 0.176. The third kappa shape index (κ3) is 2.63. The summed E-state index contributed by atoms with van der Waals surface area (Å²) in [5.41, 5.74) is 2.52. The fourth-order valence-electron chi connectivity index (χ4n) is 2.81. The molecule has 0 fully saturated rings. The number of amides is 1. The van der Waals surface area contributed by atoms with Crippen molar-refractivity contribution in [1.82, 2.24) is 14.9 Å². The van der Waals surface area contributed by atoms with E-state index in [2.05, 4.69) is 10.3 Å². The van der Waals surface area contributed by atoms with Gasteiger partial charge in [0.25, 0.3) is 5.91 Å². The van der Waals surface area contributed by atoms with Crippen molar-refractivity contribution >= 4 is 16.8 Å². The number of carbonyl (C=O) groups is 1. The van der Waals surface area contributed by atoms with Crippen LogP contribution < -0.4 is 5.32 Å². The SMILES string of the molecule is CO.O=C1NCc2c1ncc1c2ccn1Cc1ccc(F)cc1F. The van der Waals surface area contributed by atoms with Crippen LogP contribution in [-0.4, -0.2) is 27.7 Å². The van der Waals surface area contributed by atoms with E-state index in [-0.39, 0.29) is 12.5 Å². The molecule has 1 amide bonds. The van der Waals surface area contributed by atoms with Gasteiger partial charge in [-0.3, -0.25) is 4.79 Å². The van der Waals surface area contributed by atoms with Crippen molar-refractivity contribution in [1.29, 1.82) is 0 Å². The maximum atomic E-state index is 13.8. The first-order valence-electron chi connectivity index (χ1n) is 7.27. The smallest absolute Gasteiger partial charge is 0.270 e. The van der Waals surface area contributed by atoms with Crippen molar-refractivity contribution in [2.75, 3.05) is 7.11 Å². The summed E-state index contributed by atoms with van der Waals surface area (Å²) < 4.78 is 28.6. The molecule has 4 rings (SSSR count). The third-order valence-corrected chi connectivity index (χ3v) is 3.93. The monoisotopic (exact) mass is 331 g/mol. The van der Waals surface area contributed by atoms with E-state index < -0.39 is 11.6 Å². The minimum absolute atomic E-state index is 0.172. The Balaban J connectivity index is 0.000000815. The second-order valence-corrected chi connectivity index (χ2v) is 5.25. The van der Waals surface area contributed by atoms with Gasteiger partial charge in [-0.1, -0.05) is 6.07 Å². The summed E-state index contributed by atoms with van der Waals surface area (Å²) in [7, 11) is 1.00. The molecule has 1 aliphatic heterocycles. The Kier molecular flexibility index (Phi) is 4.26. The predicted octanol–water partition coefficient (Wildman–Crippen LogP) is 2.21. The fourth-order valence-corrected chi connectivity index (χ4v) is 2.81. The summed E-state index contributed by atoms with van der Waals surface area (Å²) in [6.07, 6.45) is 3.43. The molecule has 24 heavy (non-hydrogen) atoms. The number of rotatable bonds is 2.